The van der Waals surface area contributed by atoms with E-state index in [2.05, 4.69) is 202 Å². The maximum Gasteiger partial charge on any atom is 0.0626 e. The SMILES string of the molecule is Cc1ccc(C(c2cccc(C)c2)c2ccc3c4cc5ccc(N(c6ccc(C)cc6)c6cccc(C)c6)cc5c5c6cc(C)ccc6n(c3c2)c45)cc1. The molecule has 1 atom stereocenters. The fourth-order valence-electron chi connectivity index (χ4n) is 8.87. The number of hydrogen-bond donors (Lipinski definition) is 0. The number of benzene rings is 8. The van der Waals surface area contributed by atoms with Gasteiger partial charge in [0.15, 0.2) is 0 Å². The minimum absolute atomic E-state index is 0.120. The summed E-state index contributed by atoms with van der Waals surface area (Å²) in [5, 5.41) is 7.75. The number of rotatable bonds is 6. The second-order valence-electron chi connectivity index (χ2n) is 15.5. The highest BCUT2D eigenvalue weighted by atomic mass is 15.1. The van der Waals surface area contributed by atoms with Crippen LogP contribution in [0.4, 0.5) is 17.1 Å². The molecule has 0 aliphatic carbocycles. The van der Waals surface area contributed by atoms with Crippen molar-refractivity contribution >= 4 is 65.9 Å². The lowest BCUT2D eigenvalue weighted by Gasteiger charge is -2.26. The molecule has 260 valence electrons. The van der Waals surface area contributed by atoms with Crippen molar-refractivity contribution in [3.05, 3.63) is 202 Å². The van der Waals surface area contributed by atoms with Crippen LogP contribution in [0.2, 0.25) is 0 Å². The lowest BCUT2D eigenvalue weighted by molar-refractivity contribution is 0.975. The van der Waals surface area contributed by atoms with Crippen molar-refractivity contribution in [2.75, 3.05) is 4.90 Å². The summed E-state index contributed by atoms with van der Waals surface area (Å²) < 4.78 is 2.55. The van der Waals surface area contributed by atoms with Gasteiger partial charge in [-0.25, -0.2) is 0 Å². The van der Waals surface area contributed by atoms with Gasteiger partial charge < -0.3 is 9.30 Å². The molecule has 0 bridgehead atoms. The molecule has 0 aliphatic rings. The summed E-state index contributed by atoms with van der Waals surface area (Å²) in [7, 11) is 0. The Morgan fingerprint density at radius 2 is 1.02 bits per heavy atom. The number of aryl methyl sites for hydroxylation is 5. The Labute approximate surface area is 316 Å². The maximum atomic E-state index is 2.55. The Bertz CT molecular complexity index is 3040. The molecule has 8 aromatic carbocycles. The van der Waals surface area contributed by atoms with Crippen molar-refractivity contribution in [1.29, 1.82) is 0 Å². The van der Waals surface area contributed by atoms with Crippen LogP contribution in [0.1, 0.15) is 50.4 Å². The Morgan fingerprint density at radius 3 is 1.78 bits per heavy atom. The van der Waals surface area contributed by atoms with Crippen LogP contribution in [0.3, 0.4) is 0 Å². The molecule has 0 spiro atoms. The monoisotopic (exact) mass is 694 g/mol. The van der Waals surface area contributed by atoms with Gasteiger partial charge in [-0.15, -0.1) is 0 Å². The van der Waals surface area contributed by atoms with Crippen LogP contribution in [0.25, 0.3) is 48.9 Å². The third-order valence-corrected chi connectivity index (χ3v) is 11.5. The molecule has 2 heterocycles. The Hall–Kier alpha value is -6.38. The van der Waals surface area contributed by atoms with Crippen LogP contribution in [0.15, 0.2) is 158 Å². The Morgan fingerprint density at radius 1 is 0.389 bits per heavy atom. The van der Waals surface area contributed by atoms with E-state index in [4.69, 9.17) is 0 Å². The molecular formula is C52H42N2. The topological polar surface area (TPSA) is 7.65 Å². The zero-order valence-corrected chi connectivity index (χ0v) is 31.5. The van der Waals surface area contributed by atoms with Crippen LogP contribution < -0.4 is 4.90 Å². The van der Waals surface area contributed by atoms with Gasteiger partial charge in [-0.2, -0.15) is 0 Å². The second kappa shape index (κ2) is 12.4. The maximum absolute atomic E-state index is 2.55. The summed E-state index contributed by atoms with van der Waals surface area (Å²) in [5.74, 6) is 0.120. The molecular weight excluding hydrogens is 653 g/mol. The van der Waals surface area contributed by atoms with Crippen molar-refractivity contribution in [2.45, 2.75) is 40.5 Å². The highest BCUT2D eigenvalue weighted by molar-refractivity contribution is 6.31. The van der Waals surface area contributed by atoms with E-state index < -0.39 is 0 Å². The molecule has 54 heavy (non-hydrogen) atoms. The minimum atomic E-state index is 0.120. The van der Waals surface area contributed by atoms with E-state index in [1.165, 1.54) is 93.4 Å². The fraction of sp³-hybridized carbons (Fsp3) is 0.115. The third kappa shape index (κ3) is 5.16. The third-order valence-electron chi connectivity index (χ3n) is 11.5. The standard InChI is InChI=1S/C52H42N2/c1-32-12-17-37(18-13-32)50(39-10-6-8-34(3)26-39)40-20-24-44-46-29-38-19-23-43(53(41-21-14-33(2)15-22-41)42-11-7-9-35(4)27-42)31-45(38)51-47-28-36(5)16-25-48(47)54(52(46)51)49(44)30-40/h6-31,50H,1-5H3. The summed E-state index contributed by atoms with van der Waals surface area (Å²) in [6.45, 7) is 10.9. The predicted octanol–water partition coefficient (Wildman–Crippen LogP) is 14.2. The summed E-state index contributed by atoms with van der Waals surface area (Å²) >= 11 is 0. The van der Waals surface area contributed by atoms with Crippen molar-refractivity contribution in [3.8, 4) is 0 Å². The van der Waals surface area contributed by atoms with Crippen molar-refractivity contribution in [2.24, 2.45) is 0 Å². The highest BCUT2D eigenvalue weighted by Gasteiger charge is 2.24. The van der Waals surface area contributed by atoms with Crippen LogP contribution in [-0.2, 0) is 0 Å². The molecule has 0 aliphatic heterocycles. The molecule has 0 saturated carbocycles. The van der Waals surface area contributed by atoms with Gasteiger partial charge in [0.2, 0.25) is 0 Å². The first-order valence-corrected chi connectivity index (χ1v) is 19.0. The first-order chi connectivity index (χ1) is 26.3. The Kier molecular flexibility index (Phi) is 7.39. The molecule has 0 N–H and O–H groups in total. The Balaban J connectivity index is 1.25. The van der Waals surface area contributed by atoms with Gasteiger partial charge >= 0.3 is 0 Å². The number of hydrogen-bond acceptors (Lipinski definition) is 1. The van der Waals surface area contributed by atoms with E-state index in [9.17, 15) is 0 Å². The van der Waals surface area contributed by atoms with E-state index >= 15 is 0 Å². The van der Waals surface area contributed by atoms with E-state index in [1.807, 2.05) is 0 Å². The average molecular weight is 695 g/mol. The normalized spacial score (nSPS) is 12.5. The highest BCUT2D eigenvalue weighted by Crippen LogP contribution is 2.46. The summed E-state index contributed by atoms with van der Waals surface area (Å²) in [5.41, 5.74) is 17.5. The number of anilines is 3. The first-order valence-electron chi connectivity index (χ1n) is 19.0. The molecule has 0 radical (unpaired) electrons. The second-order valence-corrected chi connectivity index (χ2v) is 15.5. The number of nitrogens with zero attached hydrogens (tertiary/aromatic N) is 2. The van der Waals surface area contributed by atoms with E-state index in [0.29, 0.717) is 0 Å². The summed E-state index contributed by atoms with van der Waals surface area (Å²) in [4.78, 5) is 2.40. The zero-order chi connectivity index (χ0) is 36.7. The molecule has 2 heteroatoms. The predicted molar refractivity (Wildman–Crippen MR) is 231 cm³/mol. The van der Waals surface area contributed by atoms with Crippen molar-refractivity contribution in [1.82, 2.24) is 4.40 Å². The van der Waals surface area contributed by atoms with Gasteiger partial charge in [0, 0.05) is 44.5 Å². The van der Waals surface area contributed by atoms with Crippen LogP contribution in [0.5, 0.6) is 0 Å². The summed E-state index contributed by atoms with van der Waals surface area (Å²) in [6, 6.07) is 59.5. The zero-order valence-electron chi connectivity index (χ0n) is 31.5. The lowest BCUT2D eigenvalue weighted by Crippen LogP contribution is -2.10. The van der Waals surface area contributed by atoms with Gasteiger partial charge in [-0.05, 0) is 128 Å². The quantitative estimate of drug-likeness (QED) is 0.157. The van der Waals surface area contributed by atoms with Gasteiger partial charge in [0.05, 0.1) is 16.6 Å². The largest absolute Gasteiger partial charge is 0.310 e. The van der Waals surface area contributed by atoms with E-state index in [0.717, 1.165) is 17.1 Å². The molecule has 10 rings (SSSR count). The van der Waals surface area contributed by atoms with Crippen molar-refractivity contribution in [3.63, 3.8) is 0 Å². The fourth-order valence-corrected chi connectivity index (χ4v) is 8.87. The first kappa shape index (κ1) is 32.3. The molecule has 2 aromatic heterocycles. The van der Waals surface area contributed by atoms with Crippen LogP contribution in [-0.4, -0.2) is 4.40 Å². The van der Waals surface area contributed by atoms with Crippen molar-refractivity contribution < 1.29 is 0 Å². The average Bonchev–Trinajstić information content (AvgIpc) is 3.67. The molecule has 2 nitrogen and oxygen atoms in total. The smallest absolute Gasteiger partial charge is 0.0626 e. The minimum Gasteiger partial charge on any atom is -0.310 e. The number of aromatic nitrogens is 1. The van der Waals surface area contributed by atoms with E-state index in [1.54, 1.807) is 0 Å². The van der Waals surface area contributed by atoms with E-state index in [-0.39, 0.29) is 5.92 Å². The lowest BCUT2D eigenvalue weighted by atomic mass is 9.84. The number of fused-ring (bicyclic) bond motifs is 8. The van der Waals surface area contributed by atoms with Crippen LogP contribution >= 0.6 is 0 Å². The van der Waals surface area contributed by atoms with Gasteiger partial charge in [0.1, 0.15) is 0 Å². The van der Waals surface area contributed by atoms with Gasteiger partial charge in [0.25, 0.3) is 0 Å². The molecule has 10 aromatic rings. The molecule has 0 amide bonds. The van der Waals surface area contributed by atoms with Crippen LogP contribution in [0, 0.1) is 34.6 Å². The van der Waals surface area contributed by atoms with Gasteiger partial charge in [-0.3, -0.25) is 0 Å². The molecule has 0 fully saturated rings. The molecule has 1 unspecified atom stereocenters. The summed E-state index contributed by atoms with van der Waals surface area (Å²) in [6.07, 6.45) is 0. The van der Waals surface area contributed by atoms with Gasteiger partial charge in [-0.1, -0.05) is 119 Å². The molecule has 0 saturated heterocycles.